The summed E-state index contributed by atoms with van der Waals surface area (Å²) in [7, 11) is 2.03. The molecule has 0 amide bonds. The van der Waals surface area contributed by atoms with Crippen LogP contribution in [0.15, 0.2) is 18.6 Å². The first-order chi connectivity index (χ1) is 8.11. The van der Waals surface area contributed by atoms with Crippen molar-refractivity contribution in [3.63, 3.8) is 0 Å². The van der Waals surface area contributed by atoms with Crippen LogP contribution in [0.4, 0.5) is 11.6 Å². The van der Waals surface area contributed by atoms with Crippen molar-refractivity contribution in [2.45, 2.75) is 20.3 Å². The van der Waals surface area contributed by atoms with Gasteiger partial charge in [0.25, 0.3) is 0 Å². The summed E-state index contributed by atoms with van der Waals surface area (Å²) in [4.78, 5) is 10.8. The summed E-state index contributed by atoms with van der Waals surface area (Å²) >= 11 is 0. The summed E-state index contributed by atoms with van der Waals surface area (Å²) in [5, 5.41) is 0. The Bertz CT molecular complexity index is 505. The lowest BCUT2D eigenvalue weighted by Crippen LogP contribution is -2.25. The molecule has 0 saturated carbocycles. The highest BCUT2D eigenvalue weighted by molar-refractivity contribution is 5.65. The minimum Gasteiger partial charge on any atom is -0.382 e. The number of nitrogens with two attached hydrogens (primary N) is 1. The topological polar surface area (TPSA) is 59.5 Å². The number of hydrogen-bond donors (Lipinski definition) is 1. The first-order valence-electron chi connectivity index (χ1n) is 5.92. The maximum atomic E-state index is 5.80. The van der Waals surface area contributed by atoms with Gasteiger partial charge in [-0.3, -0.25) is 0 Å². The molecule has 2 N–H and O–H groups in total. The van der Waals surface area contributed by atoms with Gasteiger partial charge in [0.15, 0.2) is 11.5 Å². The molecular weight excluding hydrogens is 214 g/mol. The molecule has 1 atom stereocenters. The van der Waals surface area contributed by atoms with Crippen molar-refractivity contribution >= 4 is 17.3 Å². The summed E-state index contributed by atoms with van der Waals surface area (Å²) < 4.78 is 1.91. The van der Waals surface area contributed by atoms with E-state index < -0.39 is 0 Å². The summed E-state index contributed by atoms with van der Waals surface area (Å²) in [6.45, 7) is 5.37. The Morgan fingerprint density at radius 3 is 3.00 bits per heavy atom. The summed E-state index contributed by atoms with van der Waals surface area (Å²) in [5.41, 5.74) is 6.65. The molecule has 2 rings (SSSR count). The Kier molecular flexibility index (Phi) is 3.17. The highest BCUT2D eigenvalue weighted by Gasteiger charge is 2.12. The van der Waals surface area contributed by atoms with Crippen molar-refractivity contribution in [1.29, 1.82) is 0 Å². The van der Waals surface area contributed by atoms with Crippen molar-refractivity contribution in [3.8, 4) is 0 Å². The average Bonchev–Trinajstić information content (AvgIpc) is 2.75. The molecular formula is C12H19N5. The molecule has 0 aromatic carbocycles. The number of imidazole rings is 1. The molecule has 1 unspecified atom stereocenters. The number of hydrogen-bond acceptors (Lipinski definition) is 4. The van der Waals surface area contributed by atoms with E-state index in [1.807, 2.05) is 17.6 Å². The van der Waals surface area contributed by atoms with E-state index in [2.05, 4.69) is 28.7 Å². The van der Waals surface area contributed by atoms with E-state index in [0.29, 0.717) is 11.7 Å². The third-order valence-corrected chi connectivity index (χ3v) is 3.02. The molecule has 2 heterocycles. The third kappa shape index (κ3) is 2.33. The third-order valence-electron chi connectivity index (χ3n) is 3.02. The standard InChI is InChI=1S/C12H19N5/c1-4-9(2)7-16(3)12-11-14-5-6-17(11)8-10(13)15-12/h5-6,8-9H,4,7,13H2,1-3H3. The van der Waals surface area contributed by atoms with Gasteiger partial charge in [0, 0.05) is 26.0 Å². The Labute approximate surface area is 101 Å². The van der Waals surface area contributed by atoms with Crippen LogP contribution in [0.5, 0.6) is 0 Å². The largest absolute Gasteiger partial charge is 0.382 e. The van der Waals surface area contributed by atoms with Gasteiger partial charge in [-0.25, -0.2) is 9.97 Å². The molecule has 0 bridgehead atoms. The maximum Gasteiger partial charge on any atom is 0.180 e. The molecule has 2 aromatic rings. The van der Waals surface area contributed by atoms with Crippen LogP contribution < -0.4 is 10.6 Å². The van der Waals surface area contributed by atoms with Gasteiger partial charge in [0.2, 0.25) is 0 Å². The van der Waals surface area contributed by atoms with Crippen molar-refractivity contribution in [2.75, 3.05) is 24.2 Å². The zero-order valence-electron chi connectivity index (χ0n) is 10.6. The lowest BCUT2D eigenvalue weighted by Gasteiger charge is -2.22. The first kappa shape index (κ1) is 11.7. The van der Waals surface area contributed by atoms with Gasteiger partial charge in [-0.15, -0.1) is 0 Å². The molecule has 17 heavy (non-hydrogen) atoms. The van der Waals surface area contributed by atoms with E-state index in [1.165, 1.54) is 0 Å². The second-order valence-electron chi connectivity index (χ2n) is 4.54. The normalized spacial score (nSPS) is 12.9. The van der Waals surface area contributed by atoms with Crippen LogP contribution in [0.1, 0.15) is 20.3 Å². The molecule has 0 spiro atoms. The lowest BCUT2D eigenvalue weighted by molar-refractivity contribution is 0.558. The summed E-state index contributed by atoms with van der Waals surface area (Å²) in [6, 6.07) is 0. The van der Waals surface area contributed by atoms with E-state index in [9.17, 15) is 0 Å². The van der Waals surface area contributed by atoms with Crippen LogP contribution in [-0.2, 0) is 0 Å². The van der Waals surface area contributed by atoms with Gasteiger partial charge in [-0.2, -0.15) is 0 Å². The fourth-order valence-corrected chi connectivity index (χ4v) is 1.87. The van der Waals surface area contributed by atoms with Gasteiger partial charge >= 0.3 is 0 Å². The number of anilines is 2. The van der Waals surface area contributed by atoms with Gasteiger partial charge in [0.05, 0.1) is 6.20 Å². The van der Waals surface area contributed by atoms with Crippen LogP contribution >= 0.6 is 0 Å². The van der Waals surface area contributed by atoms with Crippen molar-refractivity contribution < 1.29 is 0 Å². The maximum absolute atomic E-state index is 5.80. The zero-order chi connectivity index (χ0) is 12.4. The highest BCUT2D eigenvalue weighted by atomic mass is 15.2. The first-order valence-corrected chi connectivity index (χ1v) is 5.92. The van der Waals surface area contributed by atoms with Crippen molar-refractivity contribution in [3.05, 3.63) is 18.6 Å². The van der Waals surface area contributed by atoms with E-state index in [4.69, 9.17) is 5.73 Å². The predicted molar refractivity (Wildman–Crippen MR) is 70.1 cm³/mol. The second-order valence-corrected chi connectivity index (χ2v) is 4.54. The zero-order valence-corrected chi connectivity index (χ0v) is 10.6. The molecule has 5 heteroatoms. The number of nitrogen functional groups attached to an aromatic ring is 1. The van der Waals surface area contributed by atoms with Crippen LogP contribution in [-0.4, -0.2) is 28.0 Å². The Balaban J connectivity index is 2.36. The minimum atomic E-state index is 0.515. The molecule has 0 aliphatic rings. The van der Waals surface area contributed by atoms with Crippen molar-refractivity contribution in [2.24, 2.45) is 5.92 Å². The quantitative estimate of drug-likeness (QED) is 0.874. The summed E-state index contributed by atoms with van der Waals surface area (Å²) in [5.74, 6) is 1.98. The van der Waals surface area contributed by atoms with Gasteiger partial charge in [-0.05, 0) is 5.92 Å². The minimum absolute atomic E-state index is 0.515. The van der Waals surface area contributed by atoms with Crippen LogP contribution in [0.3, 0.4) is 0 Å². The molecule has 2 aromatic heterocycles. The Morgan fingerprint density at radius 2 is 2.29 bits per heavy atom. The second kappa shape index (κ2) is 4.61. The molecule has 0 saturated heterocycles. The number of rotatable bonds is 4. The van der Waals surface area contributed by atoms with Crippen LogP contribution in [0.2, 0.25) is 0 Å². The Morgan fingerprint density at radius 1 is 1.53 bits per heavy atom. The molecule has 0 aliphatic heterocycles. The van der Waals surface area contributed by atoms with E-state index in [0.717, 1.165) is 24.4 Å². The fourth-order valence-electron chi connectivity index (χ4n) is 1.87. The lowest BCUT2D eigenvalue weighted by atomic mass is 10.1. The van der Waals surface area contributed by atoms with E-state index in [-0.39, 0.29) is 0 Å². The summed E-state index contributed by atoms with van der Waals surface area (Å²) in [6.07, 6.45) is 6.57. The Hall–Kier alpha value is -1.78. The highest BCUT2D eigenvalue weighted by Crippen LogP contribution is 2.19. The van der Waals surface area contributed by atoms with Gasteiger partial charge in [-0.1, -0.05) is 20.3 Å². The molecule has 5 nitrogen and oxygen atoms in total. The molecule has 92 valence electrons. The van der Waals surface area contributed by atoms with Gasteiger partial charge in [0.1, 0.15) is 5.82 Å². The monoisotopic (exact) mass is 233 g/mol. The number of nitrogens with zero attached hydrogens (tertiary/aromatic N) is 4. The SMILES string of the molecule is CCC(C)CN(C)c1nc(N)cn2ccnc12. The smallest absolute Gasteiger partial charge is 0.180 e. The average molecular weight is 233 g/mol. The van der Waals surface area contributed by atoms with Gasteiger partial charge < -0.3 is 15.0 Å². The van der Waals surface area contributed by atoms with Crippen molar-refractivity contribution in [1.82, 2.24) is 14.4 Å². The molecule has 0 fully saturated rings. The molecule has 0 radical (unpaired) electrons. The number of fused-ring (bicyclic) bond motifs is 1. The van der Waals surface area contributed by atoms with E-state index >= 15 is 0 Å². The van der Waals surface area contributed by atoms with Crippen LogP contribution in [0.25, 0.3) is 5.65 Å². The van der Waals surface area contributed by atoms with Crippen LogP contribution in [0, 0.1) is 5.92 Å². The molecule has 0 aliphatic carbocycles. The number of aromatic nitrogens is 3. The van der Waals surface area contributed by atoms with E-state index in [1.54, 1.807) is 12.4 Å². The predicted octanol–water partition coefficient (Wildman–Crippen LogP) is 1.79. The fraction of sp³-hybridized carbons (Fsp3) is 0.500.